The third kappa shape index (κ3) is 3.01. The average molecular weight is 226 g/mol. The fourth-order valence-electron chi connectivity index (χ4n) is 1.36. The smallest absolute Gasteiger partial charge is 0.346 e. The van der Waals surface area contributed by atoms with E-state index in [1.807, 2.05) is 30.3 Å². The van der Waals surface area contributed by atoms with E-state index in [2.05, 4.69) is 4.42 Å². The summed E-state index contributed by atoms with van der Waals surface area (Å²) in [5.74, 6) is 0. The van der Waals surface area contributed by atoms with E-state index < -0.39 is 11.3 Å². The Labute approximate surface area is 97.7 Å². The van der Waals surface area contributed by atoms with Crippen LogP contribution in [0.2, 0.25) is 0 Å². The molecule has 17 heavy (non-hydrogen) atoms. The minimum Gasteiger partial charge on any atom is -0.386 e. The third-order valence-electron chi connectivity index (χ3n) is 2.19. The predicted octanol–water partition coefficient (Wildman–Crippen LogP) is 2.17. The first-order chi connectivity index (χ1) is 8.25. The molecule has 2 rings (SSSR count). The topological polar surface area (TPSA) is 47.3 Å². The van der Waals surface area contributed by atoms with E-state index in [-0.39, 0.29) is 0 Å². The molecule has 0 N–H and O–H groups in total. The summed E-state index contributed by atoms with van der Waals surface area (Å²) in [4.78, 5) is 22.4. The van der Waals surface area contributed by atoms with Gasteiger partial charge in [-0.2, -0.15) is 0 Å². The molecular formula is C14H10O3. The maximum Gasteiger partial charge on any atom is 0.346 e. The van der Waals surface area contributed by atoms with E-state index >= 15 is 0 Å². The van der Waals surface area contributed by atoms with Crippen LogP contribution in [0.3, 0.4) is 0 Å². The van der Waals surface area contributed by atoms with E-state index in [9.17, 15) is 9.59 Å². The number of benzene rings is 1. The van der Waals surface area contributed by atoms with Crippen LogP contribution in [0, 0.1) is 0 Å². The summed E-state index contributed by atoms with van der Waals surface area (Å²) >= 11 is 0. The molecule has 0 aliphatic rings. The van der Waals surface area contributed by atoms with Crippen LogP contribution >= 0.6 is 0 Å². The minimum atomic E-state index is -0.644. The van der Waals surface area contributed by atoms with E-state index in [1.54, 1.807) is 18.2 Å². The molecule has 1 aromatic carbocycles. The SMILES string of the molecule is O=c1cccc(C=Cc2ccccc2)c(=O)o1. The molecule has 84 valence electrons. The van der Waals surface area contributed by atoms with Crippen molar-refractivity contribution in [1.82, 2.24) is 0 Å². The van der Waals surface area contributed by atoms with Crippen LogP contribution < -0.4 is 11.3 Å². The fourth-order valence-corrected chi connectivity index (χ4v) is 1.36. The Balaban J connectivity index is 2.38. The minimum absolute atomic E-state index is 0.343. The first-order valence-corrected chi connectivity index (χ1v) is 5.13. The molecule has 0 unspecified atom stereocenters. The van der Waals surface area contributed by atoms with Crippen molar-refractivity contribution in [1.29, 1.82) is 0 Å². The van der Waals surface area contributed by atoms with Crippen molar-refractivity contribution in [3.63, 3.8) is 0 Å². The van der Waals surface area contributed by atoms with Crippen molar-refractivity contribution in [3.8, 4) is 0 Å². The largest absolute Gasteiger partial charge is 0.386 e. The molecule has 0 amide bonds. The average Bonchev–Trinajstić information content (AvgIpc) is 2.49. The van der Waals surface area contributed by atoms with Gasteiger partial charge < -0.3 is 4.42 Å². The van der Waals surface area contributed by atoms with Crippen LogP contribution in [0.15, 0.2) is 62.5 Å². The van der Waals surface area contributed by atoms with Gasteiger partial charge in [-0.05, 0) is 17.7 Å². The Bertz CT molecular complexity index is 639. The van der Waals surface area contributed by atoms with Crippen molar-refractivity contribution in [2.45, 2.75) is 0 Å². The van der Waals surface area contributed by atoms with Crippen LogP contribution in [0.25, 0.3) is 12.2 Å². The molecule has 0 bridgehead atoms. The summed E-state index contributed by atoms with van der Waals surface area (Å²) < 4.78 is 4.53. The zero-order valence-corrected chi connectivity index (χ0v) is 9.00. The van der Waals surface area contributed by atoms with Gasteiger partial charge >= 0.3 is 11.3 Å². The van der Waals surface area contributed by atoms with Gasteiger partial charge in [0.05, 0.1) is 5.56 Å². The van der Waals surface area contributed by atoms with Crippen molar-refractivity contribution in [3.05, 3.63) is 80.5 Å². The van der Waals surface area contributed by atoms with E-state index in [0.717, 1.165) is 5.56 Å². The molecule has 0 aliphatic carbocycles. The van der Waals surface area contributed by atoms with Gasteiger partial charge in [-0.25, -0.2) is 9.59 Å². The Hall–Kier alpha value is -2.42. The standard InChI is InChI=1S/C14H10O3/c15-13-8-4-7-12(14(16)17-13)10-9-11-5-2-1-3-6-11/h1-10H. The molecule has 0 atom stereocenters. The number of rotatable bonds is 2. The lowest BCUT2D eigenvalue weighted by Gasteiger charge is -1.89. The van der Waals surface area contributed by atoms with Crippen LogP contribution in [0.5, 0.6) is 0 Å². The molecule has 1 heterocycles. The Kier molecular flexibility index (Phi) is 3.31. The van der Waals surface area contributed by atoms with Gasteiger partial charge in [0.2, 0.25) is 0 Å². The molecule has 3 nitrogen and oxygen atoms in total. The predicted molar refractivity (Wildman–Crippen MR) is 66.6 cm³/mol. The quantitative estimate of drug-likeness (QED) is 0.788. The highest BCUT2D eigenvalue weighted by molar-refractivity contribution is 5.68. The lowest BCUT2D eigenvalue weighted by atomic mass is 10.2. The molecule has 0 saturated heterocycles. The lowest BCUT2D eigenvalue weighted by molar-refractivity contribution is 0.479. The van der Waals surface area contributed by atoms with Crippen LogP contribution in [-0.4, -0.2) is 0 Å². The Morgan fingerprint density at radius 2 is 1.59 bits per heavy atom. The molecular weight excluding hydrogens is 216 g/mol. The third-order valence-corrected chi connectivity index (χ3v) is 2.19. The molecule has 0 fully saturated rings. The Morgan fingerprint density at radius 3 is 2.35 bits per heavy atom. The second-order valence-electron chi connectivity index (χ2n) is 3.43. The summed E-state index contributed by atoms with van der Waals surface area (Å²) in [6.45, 7) is 0. The highest BCUT2D eigenvalue weighted by Gasteiger charge is 1.95. The second-order valence-corrected chi connectivity index (χ2v) is 3.43. The van der Waals surface area contributed by atoms with Gasteiger partial charge in [0.15, 0.2) is 0 Å². The van der Waals surface area contributed by atoms with Crippen LogP contribution in [-0.2, 0) is 0 Å². The summed E-state index contributed by atoms with van der Waals surface area (Å²) in [5, 5.41) is 0. The van der Waals surface area contributed by atoms with Crippen molar-refractivity contribution in [2.75, 3.05) is 0 Å². The van der Waals surface area contributed by atoms with E-state index in [1.165, 1.54) is 12.1 Å². The maximum atomic E-state index is 11.4. The summed E-state index contributed by atoms with van der Waals surface area (Å²) in [6.07, 6.45) is 3.41. The van der Waals surface area contributed by atoms with Gasteiger partial charge in [0.1, 0.15) is 0 Å². The molecule has 3 heteroatoms. The van der Waals surface area contributed by atoms with Gasteiger partial charge in [0.25, 0.3) is 0 Å². The fraction of sp³-hybridized carbons (Fsp3) is 0. The molecule has 0 saturated carbocycles. The number of hydrogen-bond donors (Lipinski definition) is 0. The number of hydrogen-bond acceptors (Lipinski definition) is 3. The molecule has 0 aliphatic heterocycles. The van der Waals surface area contributed by atoms with Gasteiger partial charge in [0, 0.05) is 6.07 Å². The van der Waals surface area contributed by atoms with Gasteiger partial charge in [-0.3, -0.25) is 0 Å². The van der Waals surface area contributed by atoms with Crippen molar-refractivity contribution in [2.24, 2.45) is 0 Å². The second kappa shape index (κ2) is 5.07. The van der Waals surface area contributed by atoms with E-state index in [0.29, 0.717) is 5.56 Å². The first-order valence-electron chi connectivity index (χ1n) is 5.13. The molecule has 0 spiro atoms. The zero-order valence-electron chi connectivity index (χ0n) is 9.00. The summed E-state index contributed by atoms with van der Waals surface area (Å²) in [5.41, 5.74) is 0.0400. The summed E-state index contributed by atoms with van der Waals surface area (Å²) in [7, 11) is 0. The van der Waals surface area contributed by atoms with Crippen LogP contribution in [0.1, 0.15) is 11.1 Å². The van der Waals surface area contributed by atoms with E-state index in [4.69, 9.17) is 0 Å². The Morgan fingerprint density at radius 1 is 0.824 bits per heavy atom. The first kappa shape index (κ1) is 11.1. The lowest BCUT2D eigenvalue weighted by Crippen LogP contribution is -2.05. The van der Waals surface area contributed by atoms with Crippen molar-refractivity contribution < 1.29 is 4.42 Å². The molecule has 0 radical (unpaired) electrons. The zero-order chi connectivity index (χ0) is 12.1. The van der Waals surface area contributed by atoms with Gasteiger partial charge in [-0.1, -0.05) is 42.5 Å². The van der Waals surface area contributed by atoms with Crippen LogP contribution in [0.4, 0.5) is 0 Å². The highest BCUT2D eigenvalue weighted by atomic mass is 16.4. The highest BCUT2D eigenvalue weighted by Crippen LogP contribution is 2.03. The normalized spacial score (nSPS) is 10.6. The molecule has 1 aromatic heterocycles. The van der Waals surface area contributed by atoms with Gasteiger partial charge in [-0.15, -0.1) is 0 Å². The maximum absolute atomic E-state index is 11.4. The monoisotopic (exact) mass is 226 g/mol. The summed E-state index contributed by atoms with van der Waals surface area (Å²) in [6, 6.07) is 13.8. The van der Waals surface area contributed by atoms with Crippen molar-refractivity contribution >= 4 is 12.2 Å². The molecule has 2 aromatic rings.